The van der Waals surface area contributed by atoms with Crippen LogP contribution < -0.4 is 10.6 Å². The Morgan fingerprint density at radius 1 is 0.821 bits per heavy atom. The summed E-state index contributed by atoms with van der Waals surface area (Å²) >= 11 is 0. The lowest BCUT2D eigenvalue weighted by molar-refractivity contribution is -0.136. The van der Waals surface area contributed by atoms with Gasteiger partial charge in [-0.1, -0.05) is 64.8 Å². The third-order valence-electron chi connectivity index (χ3n) is 10.6. The standard InChI is InChI=1S/C41H52N8O6Si/c1-24(2)34(46-40(52)54-5)38(50)48-19-9-10-32(48)36-42-21-31(45-36)28-16-13-26(14-17-28)11-12-27-15-18-29-30(20-27)44-37(43-29)33-22-56(7,8)23-49(33)39(51)35(25(3)4)47-41(53)55-6/h13-18,20-21,24-25,32-35H,9-10,19,22-23H2,1-8H3,(H,42,45)(H,43,44)(H,46,52)(H,47,53)/t32-,33-,34-,35-/m0/s1. The average Bonchev–Trinajstić information content (AvgIpc) is 3.99. The molecule has 4 atom stereocenters. The van der Waals surface area contributed by atoms with E-state index in [4.69, 9.17) is 14.5 Å². The maximum Gasteiger partial charge on any atom is 0.407 e. The minimum atomic E-state index is -1.76. The van der Waals surface area contributed by atoms with Crippen LogP contribution in [0.1, 0.15) is 75.4 Å². The van der Waals surface area contributed by atoms with Gasteiger partial charge in [-0.3, -0.25) is 9.59 Å². The Morgan fingerprint density at radius 3 is 2.05 bits per heavy atom. The second-order valence-corrected chi connectivity index (χ2v) is 21.2. The maximum absolute atomic E-state index is 13.9. The van der Waals surface area contributed by atoms with E-state index in [0.717, 1.165) is 58.1 Å². The number of imidazole rings is 2. The van der Waals surface area contributed by atoms with Crippen LogP contribution in [0.25, 0.3) is 22.3 Å². The number of hydrogen-bond acceptors (Lipinski definition) is 8. The SMILES string of the molecule is COC(=O)N[C@H](C(=O)N1CCC[C@H]1c1ncc(-c2ccc(C#Cc3ccc4[nH]c([C@@H]5C[Si](C)(C)CN5C(=O)[C@@H](NC(=O)OC)C(C)C)nc4c3)cc2)[nH]1)C(C)C. The quantitative estimate of drug-likeness (QED) is 0.120. The first-order valence-electron chi connectivity index (χ1n) is 19.1. The number of ether oxygens (including phenoxy) is 2. The minimum Gasteiger partial charge on any atom is -0.453 e. The number of likely N-dealkylation sites (tertiary alicyclic amines) is 1. The van der Waals surface area contributed by atoms with Crippen LogP contribution in [0.5, 0.6) is 0 Å². The van der Waals surface area contributed by atoms with Crippen LogP contribution >= 0.6 is 0 Å². The van der Waals surface area contributed by atoms with Gasteiger partial charge in [0.1, 0.15) is 23.7 Å². The van der Waals surface area contributed by atoms with Gasteiger partial charge in [0.2, 0.25) is 11.8 Å². The molecule has 2 saturated heterocycles. The topological polar surface area (TPSA) is 175 Å². The van der Waals surface area contributed by atoms with E-state index in [0.29, 0.717) is 18.5 Å². The number of amides is 4. The number of fused-ring (bicyclic) bond motifs is 1. The average molecular weight is 781 g/mol. The Kier molecular flexibility index (Phi) is 11.9. The number of H-pyrrole nitrogens is 2. The Morgan fingerprint density at radius 2 is 1.43 bits per heavy atom. The minimum absolute atomic E-state index is 0.110. The van der Waals surface area contributed by atoms with Gasteiger partial charge in [0, 0.05) is 23.8 Å². The zero-order chi connectivity index (χ0) is 40.3. The molecule has 0 saturated carbocycles. The number of rotatable bonds is 9. The number of aromatic nitrogens is 4. The normalized spacial score (nSPS) is 18.8. The van der Waals surface area contributed by atoms with Crippen molar-refractivity contribution in [3.63, 3.8) is 0 Å². The smallest absolute Gasteiger partial charge is 0.407 e. The molecule has 0 unspecified atom stereocenters. The fourth-order valence-corrected chi connectivity index (χ4v) is 10.5. The molecule has 14 nitrogen and oxygen atoms in total. The highest BCUT2D eigenvalue weighted by molar-refractivity contribution is 6.78. The number of carbonyl (C=O) groups excluding carboxylic acids is 4. The second kappa shape index (κ2) is 16.6. The zero-order valence-corrected chi connectivity index (χ0v) is 34.4. The second-order valence-electron chi connectivity index (χ2n) is 16.1. The molecule has 0 bridgehead atoms. The number of alkyl carbamates (subject to hydrolysis) is 2. The lowest BCUT2D eigenvalue weighted by Gasteiger charge is -2.30. The van der Waals surface area contributed by atoms with Crippen molar-refractivity contribution in [2.24, 2.45) is 11.8 Å². The van der Waals surface area contributed by atoms with E-state index in [9.17, 15) is 19.2 Å². The largest absolute Gasteiger partial charge is 0.453 e. The van der Waals surface area contributed by atoms with Gasteiger partial charge in [0.25, 0.3) is 0 Å². The summed E-state index contributed by atoms with van der Waals surface area (Å²) in [6.45, 7) is 12.7. The fourth-order valence-electron chi connectivity index (χ4n) is 7.61. The van der Waals surface area contributed by atoms with Gasteiger partial charge in [-0.05, 0) is 66.6 Å². The fraction of sp³-hybridized carbons (Fsp3) is 0.463. The molecule has 6 rings (SSSR count). The molecule has 56 heavy (non-hydrogen) atoms. The van der Waals surface area contributed by atoms with Crippen LogP contribution in [0.2, 0.25) is 19.1 Å². The van der Waals surface area contributed by atoms with Crippen LogP contribution in [-0.4, -0.2) is 101 Å². The lowest BCUT2D eigenvalue weighted by Crippen LogP contribution is -2.52. The van der Waals surface area contributed by atoms with E-state index in [1.54, 1.807) is 11.1 Å². The monoisotopic (exact) mass is 780 g/mol. The van der Waals surface area contributed by atoms with E-state index in [2.05, 4.69) is 50.5 Å². The number of methoxy groups -OCH3 is 2. The maximum atomic E-state index is 13.9. The Bertz CT molecular complexity index is 2150. The lowest BCUT2D eigenvalue weighted by atomic mass is 10.0. The summed E-state index contributed by atoms with van der Waals surface area (Å²) in [5.74, 6) is 7.47. The molecular formula is C41H52N8O6Si. The summed E-state index contributed by atoms with van der Waals surface area (Å²) in [6.07, 6.45) is 2.81. The highest BCUT2D eigenvalue weighted by Crippen LogP contribution is 2.38. The van der Waals surface area contributed by atoms with Gasteiger partial charge in [0.05, 0.1) is 57.3 Å². The van der Waals surface area contributed by atoms with E-state index >= 15 is 0 Å². The van der Waals surface area contributed by atoms with Gasteiger partial charge in [0.15, 0.2) is 0 Å². The summed E-state index contributed by atoms with van der Waals surface area (Å²) in [5.41, 5.74) is 5.06. The molecule has 296 valence electrons. The van der Waals surface area contributed by atoms with Crippen molar-refractivity contribution >= 4 is 43.1 Å². The molecule has 2 aliphatic heterocycles. The van der Waals surface area contributed by atoms with Crippen molar-refractivity contribution in [3.05, 3.63) is 71.4 Å². The molecule has 0 aliphatic carbocycles. The van der Waals surface area contributed by atoms with Crippen molar-refractivity contribution in [3.8, 4) is 23.1 Å². The van der Waals surface area contributed by atoms with Crippen molar-refractivity contribution in [2.45, 2.75) is 83.8 Å². The number of nitrogens with one attached hydrogen (secondary N) is 4. The van der Waals surface area contributed by atoms with E-state index in [-0.39, 0.29) is 35.7 Å². The van der Waals surface area contributed by atoms with Crippen LogP contribution in [0, 0.1) is 23.7 Å². The van der Waals surface area contributed by atoms with E-state index in [1.165, 1.54) is 14.2 Å². The number of carbonyl (C=O) groups is 4. The van der Waals surface area contributed by atoms with E-state index in [1.807, 2.05) is 75.1 Å². The van der Waals surface area contributed by atoms with Crippen molar-refractivity contribution in [1.29, 1.82) is 0 Å². The molecule has 2 fully saturated rings. The third kappa shape index (κ3) is 8.75. The molecule has 4 amide bonds. The molecule has 0 spiro atoms. The summed E-state index contributed by atoms with van der Waals surface area (Å²) in [5, 5.41) is 5.42. The highest BCUT2D eigenvalue weighted by Gasteiger charge is 2.46. The molecule has 15 heteroatoms. The summed E-state index contributed by atoms with van der Waals surface area (Å²) in [7, 11) is 0.822. The van der Waals surface area contributed by atoms with Gasteiger partial charge < -0.3 is 39.9 Å². The molecule has 2 aromatic carbocycles. The van der Waals surface area contributed by atoms with Gasteiger partial charge >= 0.3 is 12.2 Å². The van der Waals surface area contributed by atoms with Crippen molar-refractivity contribution in [2.75, 3.05) is 26.9 Å². The first kappa shape index (κ1) is 40.1. The summed E-state index contributed by atoms with van der Waals surface area (Å²) < 4.78 is 9.55. The van der Waals surface area contributed by atoms with Gasteiger partial charge in [-0.2, -0.15) is 0 Å². The molecule has 0 radical (unpaired) electrons. The van der Waals surface area contributed by atoms with Gasteiger partial charge in [-0.15, -0.1) is 0 Å². The Labute approximate surface area is 328 Å². The Hall–Kier alpha value is -5.62. The number of nitrogens with zero attached hydrogens (tertiary/aromatic N) is 4. The predicted octanol–water partition coefficient (Wildman–Crippen LogP) is 5.91. The van der Waals surface area contributed by atoms with Crippen molar-refractivity contribution in [1.82, 2.24) is 40.4 Å². The van der Waals surface area contributed by atoms with E-state index < -0.39 is 32.3 Å². The summed E-state index contributed by atoms with van der Waals surface area (Å²) in [6, 6.07) is 12.8. The molecule has 2 aromatic heterocycles. The van der Waals surface area contributed by atoms with Crippen LogP contribution in [0.4, 0.5) is 9.59 Å². The number of hydrogen-bond donors (Lipinski definition) is 4. The molecule has 2 aliphatic rings. The third-order valence-corrected chi connectivity index (χ3v) is 13.3. The van der Waals surface area contributed by atoms with Crippen LogP contribution in [-0.2, 0) is 19.1 Å². The first-order chi connectivity index (χ1) is 26.7. The molecule has 4 aromatic rings. The molecule has 4 N–H and O–H groups in total. The zero-order valence-electron chi connectivity index (χ0n) is 33.4. The number of aromatic amines is 2. The Balaban J connectivity index is 1.14. The highest BCUT2D eigenvalue weighted by atomic mass is 28.3. The first-order valence-corrected chi connectivity index (χ1v) is 22.6. The van der Waals surface area contributed by atoms with Gasteiger partial charge in [-0.25, -0.2) is 19.6 Å². The number of benzene rings is 2. The molecule has 4 heterocycles. The predicted molar refractivity (Wildman–Crippen MR) is 215 cm³/mol. The molecular weight excluding hydrogens is 729 g/mol. The van der Waals surface area contributed by atoms with Crippen LogP contribution in [0.3, 0.4) is 0 Å². The van der Waals surface area contributed by atoms with Crippen LogP contribution in [0.15, 0.2) is 48.7 Å². The summed E-state index contributed by atoms with van der Waals surface area (Å²) in [4.78, 5) is 71.5. The van der Waals surface area contributed by atoms with Crippen molar-refractivity contribution < 1.29 is 28.7 Å².